The van der Waals surface area contributed by atoms with E-state index >= 15 is 0 Å². The molecule has 96 valence electrons. The minimum atomic E-state index is 0.361. The number of nitrogens with one attached hydrogen (secondary N) is 1. The standard InChI is InChI=1S/C13H28N2O/c1-4-13-6-9-15(8-5-7-14-13)10-11-16-12(2)3/h12-14H,4-11H2,1-3H3. The van der Waals surface area contributed by atoms with Crippen molar-refractivity contribution in [3.05, 3.63) is 0 Å². The van der Waals surface area contributed by atoms with Gasteiger partial charge < -0.3 is 15.0 Å². The van der Waals surface area contributed by atoms with Gasteiger partial charge in [0, 0.05) is 12.6 Å². The zero-order valence-electron chi connectivity index (χ0n) is 11.2. The van der Waals surface area contributed by atoms with E-state index in [0.29, 0.717) is 12.1 Å². The molecule has 16 heavy (non-hydrogen) atoms. The lowest BCUT2D eigenvalue weighted by Gasteiger charge is -2.28. The molecule has 1 atom stereocenters. The van der Waals surface area contributed by atoms with E-state index in [0.717, 1.165) is 13.2 Å². The summed E-state index contributed by atoms with van der Waals surface area (Å²) >= 11 is 0. The summed E-state index contributed by atoms with van der Waals surface area (Å²) in [6, 6.07) is 0.716. The Morgan fingerprint density at radius 3 is 2.88 bits per heavy atom. The highest BCUT2D eigenvalue weighted by Gasteiger charge is 2.13. The Kier molecular flexibility index (Phi) is 7.01. The van der Waals surface area contributed by atoms with Crippen LogP contribution in [0.1, 0.15) is 40.0 Å². The number of ether oxygens (including phenoxy) is 1. The molecule has 0 aromatic carbocycles. The number of nitrogens with zero attached hydrogens (tertiary/aromatic N) is 1. The normalized spacial score (nSPS) is 24.4. The van der Waals surface area contributed by atoms with Crippen LogP contribution in [0.25, 0.3) is 0 Å². The minimum absolute atomic E-state index is 0.361. The van der Waals surface area contributed by atoms with E-state index in [1.54, 1.807) is 0 Å². The number of hydrogen-bond acceptors (Lipinski definition) is 3. The molecule has 1 unspecified atom stereocenters. The molecule has 1 saturated heterocycles. The lowest BCUT2D eigenvalue weighted by Crippen LogP contribution is -2.40. The van der Waals surface area contributed by atoms with E-state index < -0.39 is 0 Å². The number of hydrogen-bond donors (Lipinski definition) is 1. The maximum atomic E-state index is 5.61. The summed E-state index contributed by atoms with van der Waals surface area (Å²) in [6.45, 7) is 12.0. The van der Waals surface area contributed by atoms with Gasteiger partial charge in [0.2, 0.25) is 0 Å². The van der Waals surface area contributed by atoms with Crippen molar-refractivity contribution in [1.82, 2.24) is 10.2 Å². The summed E-state index contributed by atoms with van der Waals surface area (Å²) < 4.78 is 5.61. The van der Waals surface area contributed by atoms with Gasteiger partial charge in [0.05, 0.1) is 12.7 Å². The maximum absolute atomic E-state index is 5.61. The van der Waals surface area contributed by atoms with Gasteiger partial charge in [-0.2, -0.15) is 0 Å². The summed E-state index contributed by atoms with van der Waals surface area (Å²) in [7, 11) is 0. The van der Waals surface area contributed by atoms with E-state index in [2.05, 4.69) is 31.0 Å². The summed E-state index contributed by atoms with van der Waals surface area (Å²) in [5.41, 5.74) is 0. The highest BCUT2D eigenvalue weighted by atomic mass is 16.5. The van der Waals surface area contributed by atoms with Gasteiger partial charge in [-0.15, -0.1) is 0 Å². The smallest absolute Gasteiger partial charge is 0.0596 e. The average molecular weight is 228 g/mol. The van der Waals surface area contributed by atoms with Crippen molar-refractivity contribution >= 4 is 0 Å². The van der Waals surface area contributed by atoms with E-state index in [-0.39, 0.29) is 0 Å². The highest BCUT2D eigenvalue weighted by Crippen LogP contribution is 2.05. The SMILES string of the molecule is CCC1CCN(CCOC(C)C)CCCN1. The van der Waals surface area contributed by atoms with Crippen LogP contribution in [0, 0.1) is 0 Å². The van der Waals surface area contributed by atoms with Gasteiger partial charge in [-0.1, -0.05) is 6.92 Å². The van der Waals surface area contributed by atoms with Crippen LogP contribution in [0.3, 0.4) is 0 Å². The molecule has 0 aliphatic carbocycles. The highest BCUT2D eigenvalue weighted by molar-refractivity contribution is 4.72. The predicted octanol–water partition coefficient (Wildman–Crippen LogP) is 1.88. The minimum Gasteiger partial charge on any atom is -0.377 e. The molecule has 0 aromatic heterocycles. The summed E-state index contributed by atoms with van der Waals surface area (Å²) in [6.07, 6.45) is 4.15. The van der Waals surface area contributed by atoms with E-state index in [1.807, 2.05) is 0 Å². The molecule has 1 aliphatic rings. The maximum Gasteiger partial charge on any atom is 0.0596 e. The fourth-order valence-corrected chi connectivity index (χ4v) is 2.15. The van der Waals surface area contributed by atoms with Gasteiger partial charge in [0.15, 0.2) is 0 Å². The summed E-state index contributed by atoms with van der Waals surface area (Å²) in [4.78, 5) is 2.55. The zero-order chi connectivity index (χ0) is 11.8. The monoisotopic (exact) mass is 228 g/mol. The first-order valence-corrected chi connectivity index (χ1v) is 6.79. The van der Waals surface area contributed by atoms with E-state index in [1.165, 1.54) is 38.9 Å². The first kappa shape index (κ1) is 13.9. The van der Waals surface area contributed by atoms with Crippen molar-refractivity contribution in [1.29, 1.82) is 0 Å². The van der Waals surface area contributed by atoms with Crippen LogP contribution in [0.4, 0.5) is 0 Å². The second-order valence-corrected chi connectivity index (χ2v) is 4.96. The van der Waals surface area contributed by atoms with Gasteiger partial charge in [-0.3, -0.25) is 0 Å². The van der Waals surface area contributed by atoms with E-state index in [9.17, 15) is 0 Å². The third-order valence-corrected chi connectivity index (χ3v) is 3.23. The molecule has 1 N–H and O–H groups in total. The molecule has 0 saturated carbocycles. The van der Waals surface area contributed by atoms with Crippen LogP contribution in [0.15, 0.2) is 0 Å². The second kappa shape index (κ2) is 8.04. The van der Waals surface area contributed by atoms with Crippen LogP contribution in [0.2, 0.25) is 0 Å². The molecule has 0 amide bonds. The molecule has 1 fully saturated rings. The Bertz CT molecular complexity index is 173. The molecule has 1 rings (SSSR count). The summed E-state index contributed by atoms with van der Waals surface area (Å²) in [5, 5.41) is 3.61. The Hall–Kier alpha value is -0.120. The first-order chi connectivity index (χ1) is 7.72. The largest absolute Gasteiger partial charge is 0.377 e. The van der Waals surface area contributed by atoms with Gasteiger partial charge in [-0.25, -0.2) is 0 Å². The van der Waals surface area contributed by atoms with E-state index in [4.69, 9.17) is 4.74 Å². The third kappa shape index (κ3) is 5.83. The van der Waals surface area contributed by atoms with Gasteiger partial charge in [-0.05, 0) is 52.7 Å². The van der Waals surface area contributed by atoms with Crippen molar-refractivity contribution < 1.29 is 4.74 Å². The zero-order valence-corrected chi connectivity index (χ0v) is 11.2. The van der Waals surface area contributed by atoms with Crippen molar-refractivity contribution in [3.8, 4) is 0 Å². The first-order valence-electron chi connectivity index (χ1n) is 6.79. The van der Waals surface area contributed by atoms with Gasteiger partial charge in [0.1, 0.15) is 0 Å². The van der Waals surface area contributed by atoms with Crippen molar-refractivity contribution in [2.75, 3.05) is 32.8 Å². The van der Waals surface area contributed by atoms with Crippen LogP contribution in [-0.4, -0.2) is 49.8 Å². The summed E-state index contributed by atoms with van der Waals surface area (Å²) in [5.74, 6) is 0. The third-order valence-electron chi connectivity index (χ3n) is 3.23. The predicted molar refractivity (Wildman–Crippen MR) is 68.8 cm³/mol. The molecule has 1 aliphatic heterocycles. The molecular weight excluding hydrogens is 200 g/mol. The molecule has 0 aromatic rings. The fraction of sp³-hybridized carbons (Fsp3) is 1.00. The number of rotatable bonds is 5. The Balaban J connectivity index is 2.19. The van der Waals surface area contributed by atoms with Crippen LogP contribution in [0.5, 0.6) is 0 Å². The molecule has 0 spiro atoms. The lowest BCUT2D eigenvalue weighted by molar-refractivity contribution is 0.0566. The molecular formula is C13H28N2O. The Labute approximate surface area is 101 Å². The quantitative estimate of drug-likeness (QED) is 0.777. The topological polar surface area (TPSA) is 24.5 Å². The second-order valence-electron chi connectivity index (χ2n) is 4.96. The fourth-order valence-electron chi connectivity index (χ4n) is 2.15. The van der Waals surface area contributed by atoms with Gasteiger partial charge >= 0.3 is 0 Å². The van der Waals surface area contributed by atoms with Crippen LogP contribution < -0.4 is 5.32 Å². The molecule has 1 heterocycles. The molecule has 3 nitrogen and oxygen atoms in total. The molecule has 3 heteroatoms. The van der Waals surface area contributed by atoms with Crippen LogP contribution >= 0.6 is 0 Å². The van der Waals surface area contributed by atoms with Crippen molar-refractivity contribution in [2.24, 2.45) is 0 Å². The van der Waals surface area contributed by atoms with Crippen molar-refractivity contribution in [3.63, 3.8) is 0 Å². The lowest BCUT2D eigenvalue weighted by atomic mass is 10.1. The Morgan fingerprint density at radius 2 is 2.19 bits per heavy atom. The average Bonchev–Trinajstić information content (AvgIpc) is 2.21. The van der Waals surface area contributed by atoms with Gasteiger partial charge in [0.25, 0.3) is 0 Å². The molecule has 0 radical (unpaired) electrons. The molecule has 0 bridgehead atoms. The van der Waals surface area contributed by atoms with Crippen molar-refractivity contribution in [2.45, 2.75) is 52.2 Å². The Morgan fingerprint density at radius 1 is 1.38 bits per heavy atom. The van der Waals surface area contributed by atoms with Crippen LogP contribution in [-0.2, 0) is 4.74 Å².